The Kier molecular flexibility index (Phi) is 6.83. The predicted octanol–water partition coefficient (Wildman–Crippen LogP) is 5.55. The lowest BCUT2D eigenvalue weighted by Gasteiger charge is -2.28. The standard InChI is InChI=1S/C22H22ClF3N2O2S/c1-3-20-15(2)4-5-16-6-9-18(23)14-21(16)28(20)13-12-27-31(29,30)19-10-7-17(8-11-19)22(24,25)26/h3,6-11,14,27H,2,4-5,12-13H2,1H3. The molecule has 9 heteroatoms. The van der Waals surface area contributed by atoms with E-state index in [-0.39, 0.29) is 11.4 Å². The van der Waals surface area contributed by atoms with E-state index in [2.05, 4.69) is 11.3 Å². The maximum Gasteiger partial charge on any atom is 0.416 e. The maximum atomic E-state index is 12.7. The van der Waals surface area contributed by atoms with E-state index in [1.807, 2.05) is 36.1 Å². The van der Waals surface area contributed by atoms with E-state index in [0.29, 0.717) is 11.6 Å². The van der Waals surface area contributed by atoms with Crippen LogP contribution in [0.3, 0.4) is 0 Å². The molecule has 0 aliphatic carbocycles. The first kappa shape index (κ1) is 23.4. The second-order valence-electron chi connectivity index (χ2n) is 7.12. The molecule has 1 aliphatic rings. The fourth-order valence-electron chi connectivity index (χ4n) is 3.53. The number of nitrogens with zero attached hydrogens (tertiary/aromatic N) is 1. The summed E-state index contributed by atoms with van der Waals surface area (Å²) >= 11 is 6.19. The highest BCUT2D eigenvalue weighted by Crippen LogP contribution is 2.35. The minimum absolute atomic E-state index is 0.0416. The molecule has 4 nitrogen and oxygen atoms in total. The minimum atomic E-state index is -4.53. The molecule has 2 aromatic carbocycles. The van der Waals surface area contributed by atoms with Crippen LogP contribution in [0.25, 0.3) is 0 Å². The zero-order valence-corrected chi connectivity index (χ0v) is 18.4. The van der Waals surface area contributed by atoms with Gasteiger partial charge in [-0.3, -0.25) is 0 Å². The van der Waals surface area contributed by atoms with Gasteiger partial charge < -0.3 is 4.90 Å². The summed E-state index contributed by atoms with van der Waals surface area (Å²) in [5.41, 5.74) is 2.87. The van der Waals surface area contributed by atoms with Crippen LogP contribution < -0.4 is 9.62 Å². The third-order valence-electron chi connectivity index (χ3n) is 5.08. The summed E-state index contributed by atoms with van der Waals surface area (Å²) in [7, 11) is -3.97. The van der Waals surface area contributed by atoms with Gasteiger partial charge in [-0.15, -0.1) is 0 Å². The summed E-state index contributed by atoms with van der Waals surface area (Å²) in [6, 6.07) is 9.01. The van der Waals surface area contributed by atoms with E-state index < -0.39 is 21.8 Å². The van der Waals surface area contributed by atoms with E-state index in [9.17, 15) is 21.6 Å². The third-order valence-corrected chi connectivity index (χ3v) is 6.79. The van der Waals surface area contributed by atoms with Crippen LogP contribution in [-0.4, -0.2) is 21.5 Å². The van der Waals surface area contributed by atoms with Gasteiger partial charge >= 0.3 is 6.18 Å². The molecule has 0 saturated heterocycles. The lowest BCUT2D eigenvalue weighted by atomic mass is 10.1. The number of sulfonamides is 1. The van der Waals surface area contributed by atoms with Crippen LogP contribution in [0.2, 0.25) is 5.02 Å². The van der Waals surface area contributed by atoms with Crippen LogP contribution in [0.15, 0.2) is 71.3 Å². The van der Waals surface area contributed by atoms with Crippen molar-refractivity contribution in [3.8, 4) is 0 Å². The molecule has 0 bridgehead atoms. The number of rotatable bonds is 5. The Morgan fingerprint density at radius 2 is 1.84 bits per heavy atom. The topological polar surface area (TPSA) is 49.4 Å². The van der Waals surface area contributed by atoms with E-state index >= 15 is 0 Å². The number of benzene rings is 2. The first-order valence-electron chi connectivity index (χ1n) is 9.60. The van der Waals surface area contributed by atoms with Crippen molar-refractivity contribution >= 4 is 27.3 Å². The molecule has 0 aromatic heterocycles. The van der Waals surface area contributed by atoms with Gasteiger partial charge in [-0.25, -0.2) is 13.1 Å². The van der Waals surface area contributed by atoms with Gasteiger partial charge in [-0.05, 0) is 67.3 Å². The number of hydrogen-bond donors (Lipinski definition) is 1. The highest BCUT2D eigenvalue weighted by Gasteiger charge is 2.30. The van der Waals surface area contributed by atoms with Crippen molar-refractivity contribution in [1.82, 2.24) is 4.72 Å². The summed E-state index contributed by atoms with van der Waals surface area (Å²) in [6.07, 6.45) is -1.05. The molecule has 0 amide bonds. The van der Waals surface area contributed by atoms with Crippen LogP contribution >= 0.6 is 11.6 Å². The largest absolute Gasteiger partial charge is 0.416 e. The monoisotopic (exact) mass is 470 g/mol. The van der Waals surface area contributed by atoms with E-state index in [1.165, 1.54) is 0 Å². The zero-order valence-electron chi connectivity index (χ0n) is 16.8. The Bertz CT molecular complexity index is 1110. The van der Waals surface area contributed by atoms with Crippen LogP contribution in [0, 0.1) is 0 Å². The maximum absolute atomic E-state index is 12.7. The molecule has 0 unspecified atom stereocenters. The quantitative estimate of drug-likeness (QED) is 0.623. The highest BCUT2D eigenvalue weighted by molar-refractivity contribution is 7.89. The molecule has 1 aliphatic heterocycles. The smallest absolute Gasteiger partial charge is 0.340 e. The highest BCUT2D eigenvalue weighted by atomic mass is 35.5. The van der Waals surface area contributed by atoms with E-state index in [4.69, 9.17) is 11.6 Å². The predicted molar refractivity (Wildman–Crippen MR) is 117 cm³/mol. The summed E-state index contributed by atoms with van der Waals surface area (Å²) in [6.45, 7) is 6.36. The molecular formula is C22H22ClF3N2O2S. The van der Waals surface area contributed by atoms with Crippen LogP contribution in [0.4, 0.5) is 18.9 Å². The zero-order chi connectivity index (χ0) is 22.8. The molecular weight excluding hydrogens is 449 g/mol. The van der Waals surface area contributed by atoms with Gasteiger partial charge in [0.2, 0.25) is 10.0 Å². The molecule has 166 valence electrons. The van der Waals surface area contributed by atoms with Gasteiger partial charge in [-0.2, -0.15) is 13.2 Å². The number of alkyl halides is 3. The fraction of sp³-hybridized carbons (Fsp3) is 0.273. The Labute approximate surface area is 185 Å². The fourth-order valence-corrected chi connectivity index (χ4v) is 4.72. The van der Waals surface area contributed by atoms with Crippen LogP contribution in [-0.2, 0) is 22.6 Å². The molecule has 3 rings (SSSR count). The Morgan fingerprint density at radius 1 is 1.16 bits per heavy atom. The molecule has 0 atom stereocenters. The van der Waals surface area contributed by atoms with E-state index in [1.54, 1.807) is 0 Å². The van der Waals surface area contributed by atoms with Crippen molar-refractivity contribution in [2.45, 2.75) is 30.8 Å². The van der Waals surface area contributed by atoms with Crippen molar-refractivity contribution in [3.63, 3.8) is 0 Å². The molecule has 2 aromatic rings. The van der Waals surface area contributed by atoms with Crippen LogP contribution in [0.5, 0.6) is 0 Å². The molecule has 31 heavy (non-hydrogen) atoms. The first-order valence-corrected chi connectivity index (χ1v) is 11.5. The van der Waals surface area contributed by atoms with Crippen molar-refractivity contribution in [2.24, 2.45) is 0 Å². The number of anilines is 1. The summed E-state index contributed by atoms with van der Waals surface area (Å²) in [4.78, 5) is 1.74. The third kappa shape index (κ3) is 5.31. The van der Waals surface area contributed by atoms with Gasteiger partial charge in [0.15, 0.2) is 0 Å². The Hall–Kier alpha value is -2.29. The van der Waals surface area contributed by atoms with Gasteiger partial charge in [0.05, 0.1) is 10.5 Å². The lowest BCUT2D eigenvalue weighted by molar-refractivity contribution is -0.137. The Balaban J connectivity index is 1.79. The summed E-state index contributed by atoms with van der Waals surface area (Å²) < 4.78 is 65.7. The number of fused-ring (bicyclic) bond motifs is 1. The number of aryl methyl sites for hydroxylation is 1. The Morgan fingerprint density at radius 3 is 2.45 bits per heavy atom. The van der Waals surface area contributed by atoms with Crippen molar-refractivity contribution in [2.75, 3.05) is 18.0 Å². The average Bonchev–Trinajstić information content (AvgIpc) is 2.83. The molecule has 0 spiro atoms. The number of hydrogen-bond acceptors (Lipinski definition) is 3. The lowest BCUT2D eigenvalue weighted by Crippen LogP contribution is -2.35. The molecule has 0 radical (unpaired) electrons. The second-order valence-corrected chi connectivity index (χ2v) is 9.33. The SMILES string of the molecule is C=C1CCc2ccc(Cl)cc2N(CCNS(=O)(=O)c2ccc(C(F)(F)F)cc2)C1=CC. The van der Waals surface area contributed by atoms with Gasteiger partial charge in [-0.1, -0.05) is 30.3 Å². The minimum Gasteiger partial charge on any atom is -0.340 e. The van der Waals surface area contributed by atoms with Gasteiger partial charge in [0.1, 0.15) is 0 Å². The summed E-state index contributed by atoms with van der Waals surface area (Å²) in [5.74, 6) is 0. The number of nitrogens with one attached hydrogen (secondary N) is 1. The first-order chi connectivity index (χ1) is 14.5. The van der Waals surface area contributed by atoms with Crippen molar-refractivity contribution < 1.29 is 21.6 Å². The normalized spacial score (nSPS) is 16.4. The summed E-state index contributed by atoms with van der Waals surface area (Å²) in [5, 5.41) is 0.567. The molecule has 1 N–H and O–H groups in total. The molecule has 1 heterocycles. The van der Waals surface area contributed by atoms with Gasteiger partial charge in [0.25, 0.3) is 0 Å². The number of allylic oxidation sites excluding steroid dienone is 2. The van der Waals surface area contributed by atoms with Gasteiger partial charge in [0, 0.05) is 29.5 Å². The van der Waals surface area contributed by atoms with E-state index in [0.717, 1.165) is 59.6 Å². The van der Waals surface area contributed by atoms with Crippen molar-refractivity contribution in [1.29, 1.82) is 0 Å². The molecule has 0 saturated carbocycles. The van der Waals surface area contributed by atoms with Crippen LogP contribution in [0.1, 0.15) is 24.5 Å². The van der Waals surface area contributed by atoms with Crippen molar-refractivity contribution in [3.05, 3.63) is 82.5 Å². The number of halogens is 4. The average molecular weight is 471 g/mol. The second kappa shape index (κ2) is 9.06. The molecule has 0 fully saturated rings.